The number of hydrogen-bond donors (Lipinski definition) is 3. The predicted octanol–water partition coefficient (Wildman–Crippen LogP) is 2.77. The summed E-state index contributed by atoms with van der Waals surface area (Å²) in [6.45, 7) is 4.83. The first-order valence-electron chi connectivity index (χ1n) is 8.51. The summed E-state index contributed by atoms with van der Waals surface area (Å²) < 4.78 is 1.87. The van der Waals surface area contributed by atoms with Gasteiger partial charge in [0.2, 0.25) is 0 Å². The topological polar surface area (TPSA) is 99.8 Å². The van der Waals surface area contributed by atoms with E-state index in [2.05, 4.69) is 29.1 Å². The van der Waals surface area contributed by atoms with E-state index >= 15 is 0 Å². The van der Waals surface area contributed by atoms with Crippen LogP contribution in [-0.2, 0) is 0 Å². The molecule has 0 bridgehead atoms. The molecule has 1 aromatic carbocycles. The van der Waals surface area contributed by atoms with Crippen LogP contribution < -0.4 is 5.32 Å². The molecule has 1 unspecified atom stereocenters. The largest absolute Gasteiger partial charge is 0.478 e. The van der Waals surface area contributed by atoms with E-state index in [-0.39, 0.29) is 18.1 Å². The molecule has 0 saturated heterocycles. The first-order valence-corrected chi connectivity index (χ1v) is 8.51. The van der Waals surface area contributed by atoms with Crippen molar-refractivity contribution in [3.8, 4) is 11.3 Å². The van der Waals surface area contributed by atoms with Crippen LogP contribution in [-0.4, -0.2) is 43.7 Å². The highest BCUT2D eigenvalue weighted by Gasteiger charge is 2.15. The number of rotatable bonds is 7. The fourth-order valence-corrected chi connectivity index (χ4v) is 2.71. The number of benzene rings is 1. The summed E-state index contributed by atoms with van der Waals surface area (Å²) in [7, 11) is 0. The Hall–Kier alpha value is -2.93. The summed E-state index contributed by atoms with van der Waals surface area (Å²) in [4.78, 5) is 20.0. The van der Waals surface area contributed by atoms with Crippen molar-refractivity contribution in [3.05, 3.63) is 48.4 Å². The number of nitrogens with zero attached hydrogens (tertiary/aromatic N) is 3. The highest BCUT2D eigenvalue weighted by Crippen LogP contribution is 2.23. The molecular weight excluding hydrogens is 332 g/mol. The molecule has 7 nitrogen and oxygen atoms in total. The van der Waals surface area contributed by atoms with Gasteiger partial charge in [-0.15, -0.1) is 0 Å². The summed E-state index contributed by atoms with van der Waals surface area (Å²) in [6.07, 6.45) is 5.39. The van der Waals surface area contributed by atoms with E-state index in [0.29, 0.717) is 29.6 Å². The van der Waals surface area contributed by atoms with Crippen molar-refractivity contribution in [1.82, 2.24) is 14.4 Å². The van der Waals surface area contributed by atoms with Crippen LogP contribution in [0.3, 0.4) is 0 Å². The van der Waals surface area contributed by atoms with Crippen LogP contribution >= 0.6 is 0 Å². The van der Waals surface area contributed by atoms with Crippen molar-refractivity contribution in [3.63, 3.8) is 0 Å². The summed E-state index contributed by atoms with van der Waals surface area (Å²) in [5.74, 6) is 0.134. The van der Waals surface area contributed by atoms with E-state index in [0.717, 1.165) is 5.56 Å². The van der Waals surface area contributed by atoms with Gasteiger partial charge in [0, 0.05) is 43.2 Å². The van der Waals surface area contributed by atoms with Gasteiger partial charge in [-0.2, -0.15) is 0 Å². The van der Waals surface area contributed by atoms with Crippen LogP contribution in [0.5, 0.6) is 0 Å². The van der Waals surface area contributed by atoms with Gasteiger partial charge < -0.3 is 19.9 Å². The first kappa shape index (κ1) is 17.9. The third-order valence-electron chi connectivity index (χ3n) is 4.51. The molecule has 1 atom stereocenters. The number of aromatic carboxylic acids is 1. The highest BCUT2D eigenvalue weighted by molar-refractivity contribution is 5.88. The van der Waals surface area contributed by atoms with Gasteiger partial charge in [-0.25, -0.2) is 14.8 Å². The Labute approximate surface area is 151 Å². The number of aromatic nitrogens is 3. The Kier molecular flexibility index (Phi) is 5.18. The number of fused-ring (bicyclic) bond motifs is 1. The maximum atomic E-state index is 11.0. The molecule has 3 rings (SSSR count). The van der Waals surface area contributed by atoms with Gasteiger partial charge in [-0.3, -0.25) is 0 Å². The number of carbonyl (C=O) groups is 1. The number of hydrogen-bond acceptors (Lipinski definition) is 5. The van der Waals surface area contributed by atoms with Gasteiger partial charge in [0.05, 0.1) is 11.3 Å². The summed E-state index contributed by atoms with van der Waals surface area (Å²) in [5, 5.41) is 21.9. The molecule has 0 aliphatic heterocycles. The molecule has 0 radical (unpaired) electrons. The number of nitrogens with one attached hydrogen (secondary N) is 1. The Balaban J connectivity index is 1.93. The van der Waals surface area contributed by atoms with Gasteiger partial charge >= 0.3 is 5.97 Å². The smallest absolute Gasteiger partial charge is 0.335 e. The predicted molar refractivity (Wildman–Crippen MR) is 99.3 cm³/mol. The lowest BCUT2D eigenvalue weighted by molar-refractivity contribution is 0.0697. The summed E-state index contributed by atoms with van der Waals surface area (Å²) in [5.41, 5.74) is 2.46. The van der Waals surface area contributed by atoms with Crippen LogP contribution in [0.25, 0.3) is 16.9 Å². The standard InChI is InChI=1S/C19H22N4O3/c1-12(2)15(11-24)9-21-17-18-20-7-8-23(18)10-16(22-17)13-3-5-14(6-4-13)19(25)26/h3-8,10,12,15,24H,9,11H2,1-2H3,(H,21,22)(H,25,26). The van der Waals surface area contributed by atoms with Crippen LogP contribution in [0.15, 0.2) is 42.9 Å². The fraction of sp³-hybridized carbons (Fsp3) is 0.316. The van der Waals surface area contributed by atoms with E-state index in [1.165, 1.54) is 0 Å². The van der Waals surface area contributed by atoms with E-state index in [1.54, 1.807) is 30.5 Å². The maximum absolute atomic E-state index is 11.0. The number of imidazole rings is 1. The minimum atomic E-state index is -0.958. The SMILES string of the molecule is CC(C)C(CO)CNc1nc(-c2ccc(C(=O)O)cc2)cn2ccnc12. The van der Waals surface area contributed by atoms with Gasteiger partial charge in [0.25, 0.3) is 0 Å². The monoisotopic (exact) mass is 354 g/mol. The van der Waals surface area contributed by atoms with Crippen molar-refractivity contribution in [2.24, 2.45) is 11.8 Å². The Morgan fingerprint density at radius 3 is 2.62 bits per heavy atom. The van der Waals surface area contributed by atoms with Gasteiger partial charge in [-0.1, -0.05) is 26.0 Å². The van der Waals surface area contributed by atoms with Crippen molar-refractivity contribution >= 4 is 17.4 Å². The molecule has 3 aromatic rings. The first-order chi connectivity index (χ1) is 12.5. The zero-order valence-corrected chi connectivity index (χ0v) is 14.8. The minimum Gasteiger partial charge on any atom is -0.478 e. The maximum Gasteiger partial charge on any atom is 0.335 e. The van der Waals surface area contributed by atoms with Crippen LogP contribution in [0.2, 0.25) is 0 Å². The number of anilines is 1. The van der Waals surface area contributed by atoms with Crippen LogP contribution in [0.1, 0.15) is 24.2 Å². The molecule has 26 heavy (non-hydrogen) atoms. The number of aliphatic hydroxyl groups excluding tert-OH is 1. The average molecular weight is 354 g/mol. The second kappa shape index (κ2) is 7.53. The van der Waals surface area contributed by atoms with Gasteiger partial charge in [0.1, 0.15) is 0 Å². The molecule has 2 heterocycles. The normalized spacial score (nSPS) is 12.5. The lowest BCUT2D eigenvalue weighted by Crippen LogP contribution is -2.23. The lowest BCUT2D eigenvalue weighted by atomic mass is 9.97. The molecule has 7 heteroatoms. The Bertz CT molecular complexity index is 903. The Morgan fingerprint density at radius 1 is 1.27 bits per heavy atom. The zero-order chi connectivity index (χ0) is 18.7. The number of carboxylic acids is 1. The molecule has 0 spiro atoms. The molecule has 0 aliphatic rings. The Morgan fingerprint density at radius 2 is 2.00 bits per heavy atom. The summed E-state index contributed by atoms with van der Waals surface area (Å²) in [6, 6.07) is 6.60. The fourth-order valence-electron chi connectivity index (χ4n) is 2.71. The van der Waals surface area contributed by atoms with E-state index in [4.69, 9.17) is 5.11 Å². The van der Waals surface area contributed by atoms with E-state index in [1.807, 2.05) is 16.8 Å². The molecule has 0 fully saturated rings. The van der Waals surface area contributed by atoms with Crippen molar-refractivity contribution in [1.29, 1.82) is 0 Å². The number of aliphatic hydroxyl groups is 1. The third-order valence-corrected chi connectivity index (χ3v) is 4.51. The molecule has 3 N–H and O–H groups in total. The molecular formula is C19H22N4O3. The zero-order valence-electron chi connectivity index (χ0n) is 14.8. The van der Waals surface area contributed by atoms with Crippen molar-refractivity contribution in [2.75, 3.05) is 18.5 Å². The molecule has 0 amide bonds. The van der Waals surface area contributed by atoms with E-state index < -0.39 is 5.97 Å². The molecule has 2 aromatic heterocycles. The molecule has 136 valence electrons. The minimum absolute atomic E-state index is 0.103. The van der Waals surface area contributed by atoms with E-state index in [9.17, 15) is 9.90 Å². The molecule has 0 aliphatic carbocycles. The van der Waals surface area contributed by atoms with Crippen molar-refractivity contribution < 1.29 is 15.0 Å². The lowest BCUT2D eigenvalue weighted by Gasteiger charge is -2.19. The second-order valence-electron chi connectivity index (χ2n) is 6.58. The highest BCUT2D eigenvalue weighted by atomic mass is 16.4. The average Bonchev–Trinajstić information content (AvgIpc) is 3.10. The van der Waals surface area contributed by atoms with Crippen molar-refractivity contribution in [2.45, 2.75) is 13.8 Å². The summed E-state index contributed by atoms with van der Waals surface area (Å²) >= 11 is 0. The van der Waals surface area contributed by atoms with Gasteiger partial charge in [0.15, 0.2) is 11.5 Å². The third kappa shape index (κ3) is 3.67. The quantitative estimate of drug-likeness (QED) is 0.603. The number of carboxylic acid groups (broad SMARTS) is 1. The van der Waals surface area contributed by atoms with Gasteiger partial charge in [-0.05, 0) is 18.1 Å². The van der Waals surface area contributed by atoms with Crippen LogP contribution in [0.4, 0.5) is 5.82 Å². The molecule has 0 saturated carbocycles. The second-order valence-corrected chi connectivity index (χ2v) is 6.58. The van der Waals surface area contributed by atoms with Crippen LogP contribution in [0, 0.1) is 11.8 Å².